The number of hydrogen-bond donors (Lipinski definition) is 2. The average Bonchev–Trinajstić information content (AvgIpc) is 3.14. The van der Waals surface area contributed by atoms with Crippen LogP contribution in [0.3, 0.4) is 0 Å². The zero-order valence-corrected chi connectivity index (χ0v) is 18.3. The average molecular weight is 407 g/mol. The maximum atomic E-state index is 10.5. The second-order valence-corrected chi connectivity index (χ2v) is 8.81. The van der Waals surface area contributed by atoms with Crippen molar-refractivity contribution in [3.05, 3.63) is 117 Å². The minimum Gasteiger partial charge on any atom is -0.507 e. The minimum absolute atomic E-state index is 0.344. The zero-order valence-electron chi connectivity index (χ0n) is 18.3. The number of benzene rings is 3. The second-order valence-electron chi connectivity index (χ2n) is 8.81. The van der Waals surface area contributed by atoms with Gasteiger partial charge in [-0.2, -0.15) is 0 Å². The van der Waals surface area contributed by atoms with Gasteiger partial charge in [-0.05, 0) is 89.4 Å². The van der Waals surface area contributed by atoms with Gasteiger partial charge >= 0.3 is 0 Å². The molecule has 0 aliphatic heterocycles. The third-order valence-electron chi connectivity index (χ3n) is 6.77. The summed E-state index contributed by atoms with van der Waals surface area (Å²) in [5, 5.41) is 20.9. The first kappa shape index (κ1) is 19.4. The number of phenolic OH excluding ortho intramolecular Hbond substituents is 2. The molecule has 0 spiro atoms. The number of rotatable bonds is 2. The summed E-state index contributed by atoms with van der Waals surface area (Å²) in [6.45, 7) is 7.81. The summed E-state index contributed by atoms with van der Waals surface area (Å²) in [6.07, 6.45) is 8.88. The molecule has 2 aliphatic carbocycles. The molecule has 2 heteroatoms. The highest BCUT2D eigenvalue weighted by Gasteiger charge is 2.42. The van der Waals surface area contributed by atoms with Crippen LogP contribution in [-0.2, 0) is 5.41 Å². The van der Waals surface area contributed by atoms with Gasteiger partial charge in [-0.25, -0.2) is 0 Å². The van der Waals surface area contributed by atoms with Crippen LogP contribution in [0.1, 0.15) is 44.5 Å². The van der Waals surface area contributed by atoms with Crippen molar-refractivity contribution in [1.82, 2.24) is 0 Å². The summed E-state index contributed by atoms with van der Waals surface area (Å²) in [7, 11) is 0. The Morgan fingerprint density at radius 3 is 1.77 bits per heavy atom. The Bertz CT molecular complexity index is 1230. The molecular weight excluding hydrogens is 380 g/mol. The molecule has 0 saturated carbocycles. The van der Waals surface area contributed by atoms with Gasteiger partial charge < -0.3 is 10.2 Å². The van der Waals surface area contributed by atoms with E-state index in [2.05, 4.69) is 72.8 Å². The molecule has 31 heavy (non-hydrogen) atoms. The van der Waals surface area contributed by atoms with Crippen LogP contribution < -0.4 is 0 Å². The molecule has 2 N–H and O–H groups in total. The summed E-state index contributed by atoms with van der Waals surface area (Å²) >= 11 is 0. The van der Waals surface area contributed by atoms with Crippen molar-refractivity contribution < 1.29 is 10.2 Å². The maximum absolute atomic E-state index is 10.5. The Balaban J connectivity index is 1.87. The van der Waals surface area contributed by atoms with Gasteiger partial charge in [0.25, 0.3) is 0 Å². The van der Waals surface area contributed by atoms with E-state index in [1.807, 2.05) is 27.7 Å². The molecular formula is C29H26O2. The lowest BCUT2D eigenvalue weighted by molar-refractivity contribution is 0.466. The molecule has 3 aromatic rings. The van der Waals surface area contributed by atoms with Gasteiger partial charge in [-0.1, -0.05) is 66.8 Å². The van der Waals surface area contributed by atoms with E-state index in [1.54, 1.807) is 0 Å². The molecule has 154 valence electrons. The lowest BCUT2D eigenvalue weighted by Gasteiger charge is -2.38. The predicted molar refractivity (Wildman–Crippen MR) is 127 cm³/mol. The minimum atomic E-state index is -0.518. The van der Waals surface area contributed by atoms with E-state index in [-0.39, 0.29) is 0 Å². The van der Waals surface area contributed by atoms with Crippen molar-refractivity contribution in [2.24, 2.45) is 0 Å². The van der Waals surface area contributed by atoms with E-state index >= 15 is 0 Å². The topological polar surface area (TPSA) is 40.5 Å². The lowest BCUT2D eigenvalue weighted by atomic mass is 9.64. The van der Waals surface area contributed by atoms with Crippen molar-refractivity contribution in [3.8, 4) is 11.5 Å². The molecule has 0 bridgehead atoms. The number of phenols is 2. The van der Waals surface area contributed by atoms with Gasteiger partial charge in [0.2, 0.25) is 0 Å². The van der Waals surface area contributed by atoms with Crippen LogP contribution in [0, 0.1) is 27.7 Å². The third kappa shape index (κ3) is 2.71. The molecule has 2 aliphatic rings. The van der Waals surface area contributed by atoms with E-state index in [0.29, 0.717) is 11.5 Å². The quantitative estimate of drug-likeness (QED) is 0.499. The van der Waals surface area contributed by atoms with E-state index in [4.69, 9.17) is 0 Å². The first-order valence-corrected chi connectivity index (χ1v) is 10.7. The fourth-order valence-electron chi connectivity index (χ4n) is 5.17. The van der Waals surface area contributed by atoms with Gasteiger partial charge in [-0.15, -0.1) is 0 Å². The van der Waals surface area contributed by atoms with Crippen LogP contribution >= 0.6 is 0 Å². The Hall–Kier alpha value is -3.52. The van der Waals surface area contributed by atoms with Crippen LogP contribution in [-0.4, -0.2) is 10.2 Å². The largest absolute Gasteiger partial charge is 0.507 e. The number of fused-ring (bicyclic) bond motifs is 3. The molecule has 0 radical (unpaired) electrons. The van der Waals surface area contributed by atoms with Crippen LogP contribution in [0.5, 0.6) is 11.5 Å². The molecule has 0 amide bonds. The molecule has 0 saturated heterocycles. The molecule has 5 rings (SSSR count). The fourth-order valence-corrected chi connectivity index (χ4v) is 5.17. The fraction of sp³-hybridized carbons (Fsp3) is 0.172. The summed E-state index contributed by atoms with van der Waals surface area (Å²) < 4.78 is 0. The van der Waals surface area contributed by atoms with Crippen LogP contribution in [0.2, 0.25) is 0 Å². The molecule has 0 aromatic heterocycles. The smallest absolute Gasteiger partial charge is 0.121 e. The normalized spacial score (nSPS) is 15.9. The van der Waals surface area contributed by atoms with Crippen molar-refractivity contribution >= 4 is 11.6 Å². The third-order valence-corrected chi connectivity index (χ3v) is 6.77. The highest BCUT2D eigenvalue weighted by Crippen LogP contribution is 2.54. The Labute approximate surface area is 183 Å². The zero-order chi connectivity index (χ0) is 21.9. The van der Waals surface area contributed by atoms with Crippen LogP contribution in [0.4, 0.5) is 0 Å². The van der Waals surface area contributed by atoms with Gasteiger partial charge in [0, 0.05) is 0 Å². The number of aryl methyl sites for hydroxylation is 4. The molecule has 0 atom stereocenters. The molecule has 0 heterocycles. The van der Waals surface area contributed by atoms with Crippen LogP contribution in [0.25, 0.3) is 11.6 Å². The first-order valence-electron chi connectivity index (χ1n) is 10.7. The monoisotopic (exact) mass is 406 g/mol. The van der Waals surface area contributed by atoms with Gasteiger partial charge in [0.15, 0.2) is 0 Å². The summed E-state index contributed by atoms with van der Waals surface area (Å²) in [5.41, 5.74) is 10.1. The first-order chi connectivity index (χ1) is 14.8. The van der Waals surface area contributed by atoms with Crippen LogP contribution in [0.15, 0.2) is 72.3 Å². The van der Waals surface area contributed by atoms with Gasteiger partial charge in [-0.3, -0.25) is 0 Å². The van der Waals surface area contributed by atoms with E-state index in [0.717, 1.165) is 33.4 Å². The van der Waals surface area contributed by atoms with Gasteiger partial charge in [0.1, 0.15) is 11.5 Å². The molecule has 3 aromatic carbocycles. The van der Waals surface area contributed by atoms with E-state index in [1.165, 1.54) is 22.3 Å². The summed E-state index contributed by atoms with van der Waals surface area (Å²) in [5.74, 6) is 0.687. The number of hydrogen-bond acceptors (Lipinski definition) is 2. The Morgan fingerprint density at radius 2 is 1.23 bits per heavy atom. The van der Waals surface area contributed by atoms with E-state index in [9.17, 15) is 10.2 Å². The highest BCUT2D eigenvalue weighted by molar-refractivity contribution is 6.00. The second kappa shape index (κ2) is 6.75. The number of aromatic hydroxyl groups is 2. The molecule has 0 unspecified atom stereocenters. The standard InChI is InChI=1S/C29H26O2/c1-17-12-22(13-18(2)27(17)30)29(23-14-19(3)28(31)20(4)15-23)11-7-10-25-24-9-6-5-8-21(24)16-26(25)29/h5-16,30-31H,1-4H3. The highest BCUT2D eigenvalue weighted by atomic mass is 16.3. The van der Waals surface area contributed by atoms with Gasteiger partial charge in [0.05, 0.1) is 5.41 Å². The maximum Gasteiger partial charge on any atom is 0.121 e. The van der Waals surface area contributed by atoms with Crippen molar-refractivity contribution in [2.75, 3.05) is 0 Å². The SMILES string of the molecule is Cc1cc(C2(c3cc(C)c(O)c(C)c3)C=CC=C3C2=Cc2ccccc23)cc(C)c1O. The van der Waals surface area contributed by atoms with Crippen molar-refractivity contribution in [3.63, 3.8) is 0 Å². The molecule has 2 nitrogen and oxygen atoms in total. The van der Waals surface area contributed by atoms with E-state index < -0.39 is 5.41 Å². The predicted octanol–water partition coefficient (Wildman–Crippen LogP) is 6.67. The lowest BCUT2D eigenvalue weighted by Crippen LogP contribution is -2.30. The molecule has 0 fully saturated rings. The Morgan fingerprint density at radius 1 is 0.710 bits per heavy atom. The summed E-state index contributed by atoms with van der Waals surface area (Å²) in [4.78, 5) is 0. The van der Waals surface area contributed by atoms with Crippen molar-refractivity contribution in [2.45, 2.75) is 33.1 Å². The number of allylic oxidation sites excluding steroid dienone is 5. The summed E-state index contributed by atoms with van der Waals surface area (Å²) in [6, 6.07) is 16.9. The Kier molecular flexibility index (Phi) is 4.23. The van der Waals surface area contributed by atoms with Crippen molar-refractivity contribution in [1.29, 1.82) is 0 Å².